The van der Waals surface area contributed by atoms with Gasteiger partial charge in [0.25, 0.3) is 0 Å². The molecule has 1 N–H and O–H groups in total. The number of ether oxygens (including phenoxy) is 2. The van der Waals surface area contributed by atoms with Gasteiger partial charge in [0.2, 0.25) is 15.9 Å². The summed E-state index contributed by atoms with van der Waals surface area (Å²) in [6.07, 6.45) is 0. The predicted molar refractivity (Wildman–Crippen MR) is 99.0 cm³/mol. The first-order chi connectivity index (χ1) is 12.8. The zero-order chi connectivity index (χ0) is 20.0. The molecule has 0 unspecified atom stereocenters. The van der Waals surface area contributed by atoms with Crippen LogP contribution < -0.4 is 14.8 Å². The zero-order valence-electron chi connectivity index (χ0n) is 15.2. The van der Waals surface area contributed by atoms with Crippen molar-refractivity contribution < 1.29 is 27.1 Å². The number of carbonyl (C=O) groups is 1. The summed E-state index contributed by atoms with van der Waals surface area (Å²) < 4.78 is 50.3. The maximum Gasteiger partial charge on any atom is 0.247 e. The quantitative estimate of drug-likeness (QED) is 0.741. The molecule has 1 amide bonds. The first-order valence-corrected chi connectivity index (χ1v) is 9.53. The summed E-state index contributed by atoms with van der Waals surface area (Å²) in [6.45, 7) is 1.19. The van der Waals surface area contributed by atoms with Gasteiger partial charge in [-0.1, -0.05) is 6.92 Å². The molecule has 7 nitrogen and oxygen atoms in total. The van der Waals surface area contributed by atoms with Gasteiger partial charge in [-0.2, -0.15) is 4.31 Å². The second kappa shape index (κ2) is 8.83. The van der Waals surface area contributed by atoms with E-state index in [1.807, 2.05) is 0 Å². The summed E-state index contributed by atoms with van der Waals surface area (Å²) in [5.41, 5.74) is 0.498. The summed E-state index contributed by atoms with van der Waals surface area (Å²) in [7, 11) is -1.31. The van der Waals surface area contributed by atoms with Crippen molar-refractivity contribution in [3.8, 4) is 11.5 Å². The highest BCUT2D eigenvalue weighted by molar-refractivity contribution is 7.89. The molecule has 0 aliphatic heterocycles. The van der Waals surface area contributed by atoms with E-state index >= 15 is 0 Å². The van der Waals surface area contributed by atoms with Crippen LogP contribution in [0.25, 0.3) is 0 Å². The van der Waals surface area contributed by atoms with Gasteiger partial charge in [-0.15, -0.1) is 0 Å². The van der Waals surface area contributed by atoms with Crippen LogP contribution in [0.4, 0.5) is 10.1 Å². The van der Waals surface area contributed by atoms with Gasteiger partial charge in [0.05, 0.1) is 20.8 Å². The van der Waals surface area contributed by atoms with E-state index in [-0.39, 0.29) is 17.2 Å². The minimum Gasteiger partial charge on any atom is -0.497 e. The molecule has 0 aliphatic rings. The van der Waals surface area contributed by atoms with E-state index in [9.17, 15) is 17.6 Å². The van der Waals surface area contributed by atoms with Crippen LogP contribution in [0.5, 0.6) is 11.5 Å². The molecule has 2 rings (SSSR count). The number of halogens is 1. The summed E-state index contributed by atoms with van der Waals surface area (Å²) in [6, 6.07) is 9.81. The Morgan fingerprint density at radius 3 is 2.33 bits per heavy atom. The number of benzene rings is 2. The molecule has 0 radical (unpaired) electrons. The molecule has 0 saturated heterocycles. The lowest BCUT2D eigenvalue weighted by Gasteiger charge is -2.21. The summed E-state index contributed by atoms with van der Waals surface area (Å²) in [5, 5.41) is 2.62. The number of nitrogens with zero attached hydrogens (tertiary/aromatic N) is 1. The second-order valence-corrected chi connectivity index (χ2v) is 7.41. The van der Waals surface area contributed by atoms with Crippen LogP contribution in [-0.2, 0) is 14.8 Å². The van der Waals surface area contributed by atoms with E-state index in [0.717, 1.165) is 16.4 Å². The lowest BCUT2D eigenvalue weighted by molar-refractivity contribution is -0.116. The van der Waals surface area contributed by atoms with Crippen molar-refractivity contribution in [2.75, 3.05) is 32.6 Å². The SMILES string of the molecule is CCN(CC(=O)Nc1ccc(OC)cc1)S(=O)(=O)c1cc(F)ccc1OC. The lowest BCUT2D eigenvalue weighted by Crippen LogP contribution is -2.38. The third-order valence-corrected chi connectivity index (χ3v) is 5.73. The van der Waals surface area contributed by atoms with Crippen LogP contribution in [0.2, 0.25) is 0 Å². The smallest absolute Gasteiger partial charge is 0.247 e. The molecule has 9 heteroatoms. The molecule has 0 heterocycles. The number of likely N-dealkylation sites (N-methyl/N-ethyl adjacent to an activating group) is 1. The molecule has 0 fully saturated rings. The van der Waals surface area contributed by atoms with E-state index < -0.39 is 28.3 Å². The van der Waals surface area contributed by atoms with Crippen molar-refractivity contribution in [2.45, 2.75) is 11.8 Å². The standard InChI is InChI=1S/C18H21FN2O5S/c1-4-21(12-18(22)20-14-6-8-15(25-2)9-7-14)27(23,24)17-11-13(19)5-10-16(17)26-3/h5-11H,4,12H2,1-3H3,(H,20,22). The third-order valence-electron chi connectivity index (χ3n) is 3.79. The average molecular weight is 396 g/mol. The van der Waals surface area contributed by atoms with Gasteiger partial charge in [-0.25, -0.2) is 12.8 Å². The zero-order valence-corrected chi connectivity index (χ0v) is 16.0. The monoisotopic (exact) mass is 396 g/mol. The van der Waals surface area contributed by atoms with Gasteiger partial charge in [-0.3, -0.25) is 4.79 Å². The maximum atomic E-state index is 13.6. The van der Waals surface area contributed by atoms with Crippen molar-refractivity contribution in [1.29, 1.82) is 0 Å². The Kier molecular flexibility index (Phi) is 6.75. The first kappa shape index (κ1) is 20.7. The van der Waals surface area contributed by atoms with Gasteiger partial charge >= 0.3 is 0 Å². The Labute approximate surface area is 157 Å². The van der Waals surface area contributed by atoms with Crippen molar-refractivity contribution in [3.63, 3.8) is 0 Å². The molecule has 0 saturated carbocycles. The van der Waals surface area contributed by atoms with Gasteiger partial charge in [-0.05, 0) is 42.5 Å². The van der Waals surface area contributed by atoms with Gasteiger partial charge in [0.15, 0.2) is 0 Å². The van der Waals surface area contributed by atoms with Crippen molar-refractivity contribution >= 4 is 21.6 Å². The van der Waals surface area contributed by atoms with E-state index in [0.29, 0.717) is 11.4 Å². The highest BCUT2D eigenvalue weighted by Gasteiger charge is 2.29. The number of hydrogen-bond donors (Lipinski definition) is 1. The highest BCUT2D eigenvalue weighted by atomic mass is 32.2. The number of hydrogen-bond acceptors (Lipinski definition) is 5. The minimum absolute atomic E-state index is 0.00501. The van der Waals surface area contributed by atoms with Gasteiger partial charge < -0.3 is 14.8 Å². The predicted octanol–water partition coefficient (Wildman–Crippen LogP) is 2.49. The number of rotatable bonds is 8. The number of amides is 1. The normalized spacial score (nSPS) is 11.3. The fourth-order valence-electron chi connectivity index (χ4n) is 2.39. The van der Waals surface area contributed by atoms with Gasteiger partial charge in [0.1, 0.15) is 22.2 Å². The Hall–Kier alpha value is -2.65. The third kappa shape index (κ3) is 4.95. The molecule has 0 atom stereocenters. The summed E-state index contributed by atoms with van der Waals surface area (Å²) in [5.74, 6) is -0.608. The molecule has 146 valence electrons. The molecule has 2 aromatic rings. The van der Waals surface area contributed by atoms with Crippen LogP contribution >= 0.6 is 0 Å². The van der Waals surface area contributed by atoms with Gasteiger partial charge in [0, 0.05) is 12.2 Å². The Balaban J connectivity index is 2.19. The fraction of sp³-hybridized carbons (Fsp3) is 0.278. The average Bonchev–Trinajstić information content (AvgIpc) is 2.66. The second-order valence-electron chi connectivity index (χ2n) is 5.50. The Bertz CT molecular complexity index is 900. The number of sulfonamides is 1. The summed E-state index contributed by atoms with van der Waals surface area (Å²) in [4.78, 5) is 12.0. The minimum atomic E-state index is -4.13. The van der Waals surface area contributed by atoms with Crippen molar-refractivity contribution in [1.82, 2.24) is 4.31 Å². The highest BCUT2D eigenvalue weighted by Crippen LogP contribution is 2.27. The largest absolute Gasteiger partial charge is 0.497 e. The van der Waals surface area contributed by atoms with E-state index in [2.05, 4.69) is 5.32 Å². The Morgan fingerprint density at radius 1 is 1.11 bits per heavy atom. The molecule has 27 heavy (non-hydrogen) atoms. The molecule has 0 aliphatic carbocycles. The molecule has 0 spiro atoms. The maximum absolute atomic E-state index is 13.6. The number of carbonyl (C=O) groups excluding carboxylic acids is 1. The molecule has 0 bridgehead atoms. The van der Waals surface area contributed by atoms with E-state index in [4.69, 9.17) is 9.47 Å². The molecule has 2 aromatic carbocycles. The molecular formula is C18H21FN2O5S. The van der Waals surface area contributed by atoms with Crippen molar-refractivity contribution in [3.05, 3.63) is 48.3 Å². The van der Waals surface area contributed by atoms with Crippen LogP contribution in [0, 0.1) is 5.82 Å². The van der Waals surface area contributed by atoms with Crippen molar-refractivity contribution in [2.24, 2.45) is 0 Å². The fourth-order valence-corrected chi connectivity index (χ4v) is 3.97. The summed E-state index contributed by atoms with van der Waals surface area (Å²) >= 11 is 0. The number of anilines is 1. The molecule has 0 aromatic heterocycles. The lowest BCUT2D eigenvalue weighted by atomic mass is 10.3. The topological polar surface area (TPSA) is 84.9 Å². The van der Waals surface area contributed by atoms with Crippen LogP contribution in [0.3, 0.4) is 0 Å². The van der Waals surface area contributed by atoms with Crippen LogP contribution in [-0.4, -0.2) is 45.9 Å². The van der Waals surface area contributed by atoms with E-state index in [1.165, 1.54) is 20.3 Å². The van der Waals surface area contributed by atoms with Crippen LogP contribution in [0.15, 0.2) is 47.4 Å². The van der Waals surface area contributed by atoms with Crippen LogP contribution in [0.1, 0.15) is 6.92 Å². The first-order valence-electron chi connectivity index (χ1n) is 8.09. The van der Waals surface area contributed by atoms with E-state index in [1.54, 1.807) is 31.2 Å². The molecular weight excluding hydrogens is 375 g/mol. The Morgan fingerprint density at radius 2 is 1.78 bits per heavy atom. The number of nitrogens with one attached hydrogen (secondary N) is 1. The number of methoxy groups -OCH3 is 2.